The summed E-state index contributed by atoms with van der Waals surface area (Å²) in [7, 11) is 0. The zero-order chi connectivity index (χ0) is 10.0. The third kappa shape index (κ3) is 1.93. The van der Waals surface area contributed by atoms with Gasteiger partial charge >= 0.3 is 0 Å². The molecule has 0 aliphatic rings. The molecular formula is C13H19. The van der Waals surface area contributed by atoms with Crippen LogP contribution in [0.15, 0.2) is 6.07 Å². The lowest BCUT2D eigenvalue weighted by Gasteiger charge is -2.14. The molecule has 0 spiro atoms. The number of aryl methyl sites for hydroxylation is 2. The maximum atomic E-state index is 3.92. The second-order valence-corrected chi connectivity index (χ2v) is 3.84. The van der Waals surface area contributed by atoms with E-state index in [0.717, 1.165) is 12.8 Å². The van der Waals surface area contributed by atoms with Gasteiger partial charge in [-0.15, -0.1) is 0 Å². The van der Waals surface area contributed by atoms with Crippen LogP contribution in [-0.2, 0) is 6.42 Å². The number of rotatable bonds is 2. The van der Waals surface area contributed by atoms with Crippen LogP contribution in [0.2, 0.25) is 0 Å². The molecule has 1 radical (unpaired) electrons. The first-order valence-electron chi connectivity index (χ1n) is 4.93. The summed E-state index contributed by atoms with van der Waals surface area (Å²) < 4.78 is 0. The van der Waals surface area contributed by atoms with Crippen LogP contribution in [0.5, 0.6) is 0 Å². The molecule has 0 aromatic heterocycles. The van der Waals surface area contributed by atoms with Crippen molar-refractivity contribution in [1.82, 2.24) is 0 Å². The average Bonchev–Trinajstić information content (AvgIpc) is 2.09. The Morgan fingerprint density at radius 3 is 2.15 bits per heavy atom. The Morgan fingerprint density at radius 1 is 1.00 bits per heavy atom. The highest BCUT2D eigenvalue weighted by Crippen LogP contribution is 2.22. The van der Waals surface area contributed by atoms with Crippen molar-refractivity contribution in [3.8, 4) is 0 Å². The molecule has 0 nitrogen and oxygen atoms in total. The molecule has 0 fully saturated rings. The van der Waals surface area contributed by atoms with E-state index < -0.39 is 0 Å². The quantitative estimate of drug-likeness (QED) is 0.643. The van der Waals surface area contributed by atoms with Gasteiger partial charge in [0.25, 0.3) is 0 Å². The maximum absolute atomic E-state index is 3.92. The van der Waals surface area contributed by atoms with Crippen LogP contribution >= 0.6 is 0 Å². The molecule has 0 atom stereocenters. The summed E-state index contributed by atoms with van der Waals surface area (Å²) in [6.45, 7) is 12.7. The Bertz CT molecular complexity index is 308. The van der Waals surface area contributed by atoms with Crippen LogP contribution in [0.25, 0.3) is 0 Å². The standard InChI is InChI=1S/C13H19/c1-6-7-13-10(3)8-9(2)11(4)12(13)5/h8H,1,6-7H2,2-5H3. The van der Waals surface area contributed by atoms with Crippen molar-refractivity contribution in [3.63, 3.8) is 0 Å². The molecule has 0 N–H and O–H groups in total. The van der Waals surface area contributed by atoms with Crippen LogP contribution in [0.4, 0.5) is 0 Å². The Morgan fingerprint density at radius 2 is 1.62 bits per heavy atom. The van der Waals surface area contributed by atoms with Gasteiger partial charge in [-0.3, -0.25) is 0 Å². The number of hydrogen-bond donors (Lipinski definition) is 0. The largest absolute Gasteiger partial charge is 0.0558 e. The minimum absolute atomic E-state index is 0.990. The van der Waals surface area contributed by atoms with E-state index in [9.17, 15) is 0 Å². The third-order valence-electron chi connectivity index (χ3n) is 2.94. The van der Waals surface area contributed by atoms with Gasteiger partial charge in [-0.25, -0.2) is 0 Å². The molecular weight excluding hydrogens is 156 g/mol. The SMILES string of the molecule is [CH2]CCc1c(C)cc(C)c(C)c1C. The summed E-state index contributed by atoms with van der Waals surface area (Å²) in [4.78, 5) is 0. The van der Waals surface area contributed by atoms with Crippen molar-refractivity contribution in [1.29, 1.82) is 0 Å². The first kappa shape index (κ1) is 10.3. The van der Waals surface area contributed by atoms with E-state index in [1.54, 1.807) is 0 Å². The molecule has 1 aromatic rings. The molecule has 0 heterocycles. The van der Waals surface area contributed by atoms with Crippen LogP contribution in [0.3, 0.4) is 0 Å². The van der Waals surface area contributed by atoms with E-state index in [-0.39, 0.29) is 0 Å². The van der Waals surface area contributed by atoms with Crippen LogP contribution in [0.1, 0.15) is 34.2 Å². The summed E-state index contributed by atoms with van der Waals surface area (Å²) >= 11 is 0. The predicted molar refractivity (Wildman–Crippen MR) is 59.1 cm³/mol. The Hall–Kier alpha value is -0.780. The molecule has 0 amide bonds. The molecule has 0 bridgehead atoms. The summed E-state index contributed by atoms with van der Waals surface area (Å²) in [5, 5.41) is 0. The van der Waals surface area contributed by atoms with Crippen molar-refractivity contribution >= 4 is 0 Å². The van der Waals surface area contributed by atoms with Crippen LogP contribution in [0, 0.1) is 34.6 Å². The lowest BCUT2D eigenvalue weighted by molar-refractivity contribution is 0.960. The maximum Gasteiger partial charge on any atom is -0.0274 e. The fourth-order valence-corrected chi connectivity index (χ4v) is 1.90. The minimum Gasteiger partial charge on any atom is -0.0558 e. The molecule has 0 aliphatic heterocycles. The molecule has 71 valence electrons. The van der Waals surface area contributed by atoms with Crippen molar-refractivity contribution < 1.29 is 0 Å². The number of benzene rings is 1. The van der Waals surface area contributed by atoms with Crippen LogP contribution < -0.4 is 0 Å². The first-order chi connectivity index (χ1) is 6.07. The van der Waals surface area contributed by atoms with E-state index in [1.807, 2.05) is 0 Å². The van der Waals surface area contributed by atoms with Gasteiger partial charge in [-0.2, -0.15) is 0 Å². The second kappa shape index (κ2) is 3.95. The lowest BCUT2D eigenvalue weighted by atomic mass is 9.92. The Kier molecular flexibility index (Phi) is 3.13. The van der Waals surface area contributed by atoms with Crippen molar-refractivity contribution in [2.24, 2.45) is 0 Å². The van der Waals surface area contributed by atoms with Gasteiger partial charge < -0.3 is 0 Å². The predicted octanol–water partition coefficient (Wildman–Crippen LogP) is 3.69. The summed E-state index contributed by atoms with van der Waals surface area (Å²) in [5.74, 6) is 0. The molecule has 13 heavy (non-hydrogen) atoms. The number of hydrogen-bond acceptors (Lipinski definition) is 0. The monoisotopic (exact) mass is 175 g/mol. The molecule has 1 rings (SSSR count). The lowest BCUT2D eigenvalue weighted by Crippen LogP contribution is -1.98. The van der Waals surface area contributed by atoms with Crippen molar-refractivity contribution in [2.75, 3.05) is 0 Å². The van der Waals surface area contributed by atoms with E-state index in [0.29, 0.717) is 0 Å². The van der Waals surface area contributed by atoms with Gasteiger partial charge in [0.1, 0.15) is 0 Å². The highest BCUT2D eigenvalue weighted by atomic mass is 14.1. The third-order valence-corrected chi connectivity index (χ3v) is 2.94. The summed E-state index contributed by atoms with van der Waals surface area (Å²) in [5.41, 5.74) is 7.22. The highest BCUT2D eigenvalue weighted by Gasteiger charge is 2.06. The van der Waals surface area contributed by atoms with Gasteiger partial charge in [-0.1, -0.05) is 13.0 Å². The van der Waals surface area contributed by atoms with Crippen molar-refractivity contribution in [3.05, 3.63) is 40.8 Å². The molecule has 0 saturated heterocycles. The minimum atomic E-state index is 0.990. The normalized spacial score (nSPS) is 10.5. The fourth-order valence-electron chi connectivity index (χ4n) is 1.90. The van der Waals surface area contributed by atoms with E-state index in [2.05, 4.69) is 40.7 Å². The first-order valence-corrected chi connectivity index (χ1v) is 4.93. The van der Waals surface area contributed by atoms with Crippen LogP contribution in [-0.4, -0.2) is 0 Å². The Labute approximate surface area is 82.0 Å². The second-order valence-electron chi connectivity index (χ2n) is 3.84. The molecule has 1 aromatic carbocycles. The fraction of sp³-hybridized carbons (Fsp3) is 0.462. The zero-order valence-corrected chi connectivity index (χ0v) is 9.20. The van der Waals surface area contributed by atoms with Crippen molar-refractivity contribution in [2.45, 2.75) is 40.5 Å². The molecule has 0 aliphatic carbocycles. The van der Waals surface area contributed by atoms with Gasteiger partial charge in [-0.05, 0) is 68.4 Å². The molecule has 0 saturated carbocycles. The van der Waals surface area contributed by atoms with E-state index in [1.165, 1.54) is 27.8 Å². The van der Waals surface area contributed by atoms with E-state index in [4.69, 9.17) is 0 Å². The van der Waals surface area contributed by atoms with Gasteiger partial charge in [0.15, 0.2) is 0 Å². The van der Waals surface area contributed by atoms with Gasteiger partial charge in [0, 0.05) is 0 Å². The highest BCUT2D eigenvalue weighted by molar-refractivity contribution is 5.43. The topological polar surface area (TPSA) is 0 Å². The smallest absolute Gasteiger partial charge is 0.0274 e. The molecule has 0 heteroatoms. The van der Waals surface area contributed by atoms with E-state index >= 15 is 0 Å². The summed E-state index contributed by atoms with van der Waals surface area (Å²) in [6.07, 6.45) is 2.10. The molecule has 0 unspecified atom stereocenters. The summed E-state index contributed by atoms with van der Waals surface area (Å²) in [6, 6.07) is 2.29. The van der Waals surface area contributed by atoms with Gasteiger partial charge in [0.2, 0.25) is 0 Å². The average molecular weight is 175 g/mol. The Balaban J connectivity index is 3.26. The van der Waals surface area contributed by atoms with Gasteiger partial charge in [0.05, 0.1) is 0 Å². The zero-order valence-electron chi connectivity index (χ0n) is 9.20.